The lowest BCUT2D eigenvalue weighted by Gasteiger charge is -2.21. The van der Waals surface area contributed by atoms with Gasteiger partial charge < -0.3 is 9.73 Å². The number of furan rings is 1. The minimum atomic E-state index is -3.90. The first-order valence-electron chi connectivity index (χ1n) is 6.06. The number of hydrogen-bond donors (Lipinski definition) is 2. The van der Waals surface area contributed by atoms with Crippen LogP contribution >= 0.6 is 0 Å². The number of nitrogens with two attached hydrogens (primary N) is 1. The summed E-state index contributed by atoms with van der Waals surface area (Å²) in [7, 11) is -4.70. The molecule has 0 radical (unpaired) electrons. The van der Waals surface area contributed by atoms with Crippen molar-refractivity contribution in [2.75, 3.05) is 11.5 Å². The van der Waals surface area contributed by atoms with E-state index in [1.807, 2.05) is 0 Å². The predicted octanol–water partition coefficient (Wildman–Crippen LogP) is -0.124. The summed E-state index contributed by atoms with van der Waals surface area (Å²) < 4.78 is 38.9. The van der Waals surface area contributed by atoms with Gasteiger partial charge in [0.15, 0.2) is 5.76 Å². The third-order valence-corrected chi connectivity index (χ3v) is 5.53. The van der Waals surface area contributed by atoms with Crippen LogP contribution in [0.5, 0.6) is 0 Å². The highest BCUT2D eigenvalue weighted by atomic mass is 32.2. The number of carbonyl (C=O) groups excluding carboxylic acids is 1. The van der Waals surface area contributed by atoms with Gasteiger partial charge in [0, 0.05) is 34.4 Å². The Balaban J connectivity index is 2.08. The molecule has 1 aromatic rings. The molecule has 0 aromatic carbocycles. The molecule has 112 valence electrons. The van der Waals surface area contributed by atoms with Crippen LogP contribution in [-0.4, -0.2) is 36.1 Å². The number of amides is 1. The summed E-state index contributed by atoms with van der Waals surface area (Å²) in [6, 6.07) is 1.06. The molecule has 0 aliphatic carbocycles. The average Bonchev–Trinajstić information content (AvgIpc) is 2.74. The standard InChI is InChI=1S/C11H16N2O5S2/c1-7-10(20(12,16)17)6-9(18-7)11(14)13-8-2-4-19(15)5-3-8/h6,8H,2-5H2,1H3,(H,13,14)(H2,12,16,17). The summed E-state index contributed by atoms with van der Waals surface area (Å²) in [5, 5.41) is 7.76. The van der Waals surface area contributed by atoms with Crippen molar-refractivity contribution >= 4 is 26.7 Å². The minimum Gasteiger partial charge on any atom is -0.455 e. The van der Waals surface area contributed by atoms with Crippen LogP contribution in [0.3, 0.4) is 0 Å². The van der Waals surface area contributed by atoms with Crippen molar-refractivity contribution < 1.29 is 21.8 Å². The molecule has 1 aliphatic heterocycles. The summed E-state index contributed by atoms with van der Waals surface area (Å²) >= 11 is 0. The van der Waals surface area contributed by atoms with E-state index in [4.69, 9.17) is 9.56 Å². The molecule has 1 fully saturated rings. The second kappa shape index (κ2) is 5.66. The second-order valence-corrected chi connectivity index (χ2v) is 7.90. The molecule has 2 heterocycles. The number of carbonyl (C=O) groups is 1. The quantitative estimate of drug-likeness (QED) is 0.804. The Labute approximate surface area is 119 Å². The lowest BCUT2D eigenvalue weighted by atomic mass is 10.1. The van der Waals surface area contributed by atoms with Crippen molar-refractivity contribution in [1.29, 1.82) is 0 Å². The van der Waals surface area contributed by atoms with E-state index in [0.717, 1.165) is 6.07 Å². The van der Waals surface area contributed by atoms with Crippen molar-refractivity contribution in [3.05, 3.63) is 17.6 Å². The normalized spacial score (nSPS) is 23.5. The van der Waals surface area contributed by atoms with E-state index in [0.29, 0.717) is 24.3 Å². The fraction of sp³-hybridized carbons (Fsp3) is 0.545. The Morgan fingerprint density at radius 1 is 1.45 bits per heavy atom. The van der Waals surface area contributed by atoms with Crippen molar-refractivity contribution in [1.82, 2.24) is 5.32 Å². The van der Waals surface area contributed by atoms with Gasteiger partial charge in [-0.15, -0.1) is 0 Å². The maximum Gasteiger partial charge on any atom is 0.287 e. The molecular formula is C11H16N2O5S2. The molecular weight excluding hydrogens is 304 g/mol. The third-order valence-electron chi connectivity index (χ3n) is 3.13. The predicted molar refractivity (Wildman–Crippen MR) is 73.2 cm³/mol. The molecule has 7 nitrogen and oxygen atoms in total. The fourth-order valence-electron chi connectivity index (χ4n) is 2.05. The van der Waals surface area contributed by atoms with Gasteiger partial charge in [-0.05, 0) is 19.8 Å². The third kappa shape index (κ3) is 3.47. The lowest BCUT2D eigenvalue weighted by Crippen LogP contribution is -2.39. The minimum absolute atomic E-state index is 0.0662. The van der Waals surface area contributed by atoms with Crippen LogP contribution in [0, 0.1) is 6.92 Å². The number of nitrogens with one attached hydrogen (secondary N) is 1. The Morgan fingerprint density at radius 3 is 2.55 bits per heavy atom. The molecule has 0 saturated carbocycles. The smallest absolute Gasteiger partial charge is 0.287 e. The van der Waals surface area contributed by atoms with Crippen LogP contribution in [0.4, 0.5) is 0 Å². The first-order chi connectivity index (χ1) is 9.27. The second-order valence-electron chi connectivity index (χ2n) is 4.67. The number of primary sulfonamides is 1. The van der Waals surface area contributed by atoms with Crippen LogP contribution in [0.15, 0.2) is 15.4 Å². The average molecular weight is 320 g/mol. The molecule has 1 amide bonds. The van der Waals surface area contributed by atoms with E-state index < -0.39 is 26.7 Å². The maximum atomic E-state index is 12.0. The SMILES string of the molecule is Cc1oc(C(=O)NC2CCS(=O)CC2)cc1S(N)(=O)=O. The van der Waals surface area contributed by atoms with E-state index >= 15 is 0 Å². The molecule has 1 aliphatic rings. The Bertz CT molecular complexity index is 640. The number of sulfonamides is 1. The van der Waals surface area contributed by atoms with Crippen LogP contribution in [0.1, 0.15) is 29.2 Å². The topological polar surface area (TPSA) is 119 Å². The van der Waals surface area contributed by atoms with E-state index in [9.17, 15) is 17.4 Å². The molecule has 0 bridgehead atoms. The van der Waals surface area contributed by atoms with Gasteiger partial charge in [0.1, 0.15) is 10.7 Å². The van der Waals surface area contributed by atoms with Crippen molar-refractivity contribution in [2.24, 2.45) is 5.14 Å². The zero-order valence-electron chi connectivity index (χ0n) is 10.9. The van der Waals surface area contributed by atoms with E-state index in [-0.39, 0.29) is 22.5 Å². The van der Waals surface area contributed by atoms with E-state index in [1.54, 1.807) is 0 Å². The zero-order chi connectivity index (χ0) is 14.9. The summed E-state index contributed by atoms with van der Waals surface area (Å²) in [6.45, 7) is 1.43. The van der Waals surface area contributed by atoms with Crippen molar-refractivity contribution in [3.63, 3.8) is 0 Å². The van der Waals surface area contributed by atoms with Gasteiger partial charge in [-0.2, -0.15) is 0 Å². The summed E-state index contributed by atoms with van der Waals surface area (Å²) in [6.07, 6.45) is 1.28. The molecule has 0 unspecified atom stereocenters. The van der Waals surface area contributed by atoms with Gasteiger partial charge in [0.2, 0.25) is 10.0 Å². The first kappa shape index (κ1) is 15.2. The Morgan fingerprint density at radius 2 is 2.05 bits per heavy atom. The highest BCUT2D eigenvalue weighted by Gasteiger charge is 2.24. The molecule has 9 heteroatoms. The van der Waals surface area contributed by atoms with Gasteiger partial charge in [-0.3, -0.25) is 9.00 Å². The first-order valence-corrected chi connectivity index (χ1v) is 9.10. The van der Waals surface area contributed by atoms with Crippen molar-refractivity contribution in [3.8, 4) is 0 Å². The van der Waals surface area contributed by atoms with Crippen LogP contribution in [0.25, 0.3) is 0 Å². The van der Waals surface area contributed by atoms with Crippen molar-refractivity contribution in [2.45, 2.75) is 30.7 Å². The highest BCUT2D eigenvalue weighted by molar-refractivity contribution is 7.89. The Kier molecular flexibility index (Phi) is 4.31. The lowest BCUT2D eigenvalue weighted by molar-refractivity contribution is 0.0905. The van der Waals surface area contributed by atoms with E-state index in [2.05, 4.69) is 5.32 Å². The van der Waals surface area contributed by atoms with Gasteiger partial charge in [-0.1, -0.05) is 0 Å². The molecule has 2 rings (SSSR count). The van der Waals surface area contributed by atoms with Gasteiger partial charge in [-0.25, -0.2) is 13.6 Å². The zero-order valence-corrected chi connectivity index (χ0v) is 12.6. The molecule has 0 atom stereocenters. The monoisotopic (exact) mass is 320 g/mol. The Hall–Kier alpha value is -1.19. The maximum absolute atomic E-state index is 12.0. The molecule has 1 saturated heterocycles. The molecule has 0 spiro atoms. The summed E-state index contributed by atoms with van der Waals surface area (Å²) in [5.74, 6) is 0.635. The number of rotatable bonds is 3. The summed E-state index contributed by atoms with van der Waals surface area (Å²) in [4.78, 5) is 11.8. The van der Waals surface area contributed by atoms with Gasteiger partial charge in [0.25, 0.3) is 5.91 Å². The van der Waals surface area contributed by atoms with E-state index in [1.165, 1.54) is 6.92 Å². The fourth-order valence-corrected chi connectivity index (χ4v) is 4.07. The molecule has 1 aromatic heterocycles. The van der Waals surface area contributed by atoms with Gasteiger partial charge >= 0.3 is 0 Å². The molecule has 3 N–H and O–H groups in total. The number of hydrogen-bond acceptors (Lipinski definition) is 5. The van der Waals surface area contributed by atoms with Crippen LogP contribution < -0.4 is 10.5 Å². The van der Waals surface area contributed by atoms with Crippen LogP contribution in [0.2, 0.25) is 0 Å². The largest absolute Gasteiger partial charge is 0.455 e. The molecule has 20 heavy (non-hydrogen) atoms. The van der Waals surface area contributed by atoms with Gasteiger partial charge in [0.05, 0.1) is 0 Å². The van der Waals surface area contributed by atoms with Crippen LogP contribution in [-0.2, 0) is 20.8 Å². The number of aryl methyl sites for hydroxylation is 1. The highest BCUT2D eigenvalue weighted by Crippen LogP contribution is 2.19. The summed E-state index contributed by atoms with van der Waals surface area (Å²) in [5.41, 5.74) is 0.